The number of thiocarbonyl (C=S) groups is 1. The first-order valence-electron chi connectivity index (χ1n) is 8.28. The fourth-order valence-corrected chi connectivity index (χ4v) is 2.78. The van der Waals surface area contributed by atoms with Crippen molar-refractivity contribution in [3.8, 4) is 16.9 Å². The van der Waals surface area contributed by atoms with Crippen molar-refractivity contribution in [3.63, 3.8) is 0 Å². The number of ether oxygens (including phenoxy) is 1. The van der Waals surface area contributed by atoms with Gasteiger partial charge in [0.15, 0.2) is 5.11 Å². The van der Waals surface area contributed by atoms with Crippen LogP contribution in [-0.4, -0.2) is 17.4 Å². The Kier molecular flexibility index (Phi) is 6.57. The largest absolute Gasteiger partial charge is 0.487 e. The summed E-state index contributed by atoms with van der Waals surface area (Å²) in [4.78, 5) is 0. The van der Waals surface area contributed by atoms with Crippen LogP contribution in [0.1, 0.15) is 5.56 Å². The Hall–Kier alpha value is -2.70. The highest BCUT2D eigenvalue weighted by Gasteiger charge is 2.07. The van der Waals surface area contributed by atoms with Crippen molar-refractivity contribution in [1.82, 2.24) is 5.43 Å². The molecule has 4 nitrogen and oxygen atoms in total. The number of nitrogens with zero attached hydrogens (tertiary/aromatic N) is 1. The lowest BCUT2D eigenvalue weighted by molar-refractivity contribution is 0.376. The first-order valence-corrected chi connectivity index (χ1v) is 9.48. The molecule has 0 amide bonds. The van der Waals surface area contributed by atoms with Gasteiger partial charge in [-0.05, 0) is 47.6 Å². The van der Waals surface area contributed by atoms with Gasteiger partial charge in [0, 0.05) is 10.0 Å². The van der Waals surface area contributed by atoms with Crippen molar-refractivity contribution in [2.75, 3.05) is 6.61 Å². The van der Waals surface area contributed by atoms with Gasteiger partial charge in [-0.25, -0.2) is 0 Å². The molecule has 0 radical (unpaired) electrons. The van der Waals surface area contributed by atoms with Crippen LogP contribution in [0.25, 0.3) is 11.1 Å². The first kappa shape index (κ1) is 19.1. The SMILES string of the molecule is NC(=S)N/N=C(/COc1ccc(Br)cc1)c1ccc(-c2ccccc2)cc1. The zero-order valence-corrected chi connectivity index (χ0v) is 16.8. The highest BCUT2D eigenvalue weighted by Crippen LogP contribution is 2.20. The Morgan fingerprint density at radius 2 is 1.56 bits per heavy atom. The summed E-state index contributed by atoms with van der Waals surface area (Å²) in [6, 6.07) is 26.0. The summed E-state index contributed by atoms with van der Waals surface area (Å²) >= 11 is 8.27. The second-order valence-corrected chi connectivity index (χ2v) is 7.08. The van der Waals surface area contributed by atoms with Gasteiger partial charge < -0.3 is 10.5 Å². The van der Waals surface area contributed by atoms with Crippen molar-refractivity contribution < 1.29 is 4.74 Å². The van der Waals surface area contributed by atoms with Gasteiger partial charge in [0.05, 0.1) is 0 Å². The molecular weight excluding hydrogens is 422 g/mol. The Morgan fingerprint density at radius 1 is 0.926 bits per heavy atom. The Balaban J connectivity index is 1.79. The van der Waals surface area contributed by atoms with E-state index in [1.54, 1.807) is 0 Å². The van der Waals surface area contributed by atoms with E-state index in [9.17, 15) is 0 Å². The number of nitrogens with one attached hydrogen (secondary N) is 1. The topological polar surface area (TPSA) is 59.6 Å². The molecule has 0 aliphatic heterocycles. The van der Waals surface area contributed by atoms with E-state index >= 15 is 0 Å². The molecule has 0 bridgehead atoms. The van der Waals surface area contributed by atoms with E-state index < -0.39 is 0 Å². The lowest BCUT2D eigenvalue weighted by atomic mass is 10.0. The zero-order valence-electron chi connectivity index (χ0n) is 14.4. The number of rotatable bonds is 6. The number of hydrogen-bond acceptors (Lipinski definition) is 3. The van der Waals surface area contributed by atoms with Gasteiger partial charge in [-0.15, -0.1) is 0 Å². The van der Waals surface area contributed by atoms with Gasteiger partial charge in [0.2, 0.25) is 0 Å². The molecule has 3 aromatic carbocycles. The van der Waals surface area contributed by atoms with E-state index in [1.165, 1.54) is 0 Å². The van der Waals surface area contributed by atoms with Crippen molar-refractivity contribution >= 4 is 39.0 Å². The van der Waals surface area contributed by atoms with Crippen molar-refractivity contribution in [2.24, 2.45) is 10.8 Å². The molecule has 0 spiro atoms. The average molecular weight is 440 g/mol. The third-order valence-corrected chi connectivity index (χ3v) is 4.44. The Bertz CT molecular complexity index is 926. The quantitative estimate of drug-likeness (QED) is 0.331. The molecule has 3 aromatic rings. The highest BCUT2D eigenvalue weighted by atomic mass is 79.9. The predicted octanol–water partition coefficient (Wildman–Crippen LogP) is 4.73. The molecular formula is C21H18BrN3OS. The van der Waals surface area contributed by atoms with Gasteiger partial charge in [-0.3, -0.25) is 5.43 Å². The van der Waals surface area contributed by atoms with Crippen LogP contribution < -0.4 is 15.9 Å². The lowest BCUT2D eigenvalue weighted by Gasteiger charge is -2.11. The normalized spacial score (nSPS) is 11.1. The summed E-state index contributed by atoms with van der Waals surface area (Å²) in [5.74, 6) is 0.752. The maximum absolute atomic E-state index is 5.85. The van der Waals surface area contributed by atoms with Crippen LogP contribution in [0, 0.1) is 0 Å². The predicted molar refractivity (Wildman–Crippen MR) is 118 cm³/mol. The minimum atomic E-state index is 0.108. The molecule has 0 atom stereocenters. The highest BCUT2D eigenvalue weighted by molar-refractivity contribution is 9.10. The molecule has 0 aliphatic carbocycles. The van der Waals surface area contributed by atoms with Crippen LogP contribution in [0.15, 0.2) is 88.4 Å². The summed E-state index contributed by atoms with van der Waals surface area (Å²) in [5, 5.41) is 4.40. The fraction of sp³-hybridized carbons (Fsp3) is 0.0476. The summed E-state index contributed by atoms with van der Waals surface area (Å²) in [6.45, 7) is 0.280. The molecule has 3 rings (SSSR count). The second-order valence-electron chi connectivity index (χ2n) is 5.72. The first-order chi connectivity index (χ1) is 13.1. The molecule has 0 aromatic heterocycles. The van der Waals surface area contributed by atoms with E-state index in [0.717, 1.165) is 26.9 Å². The number of benzene rings is 3. The van der Waals surface area contributed by atoms with E-state index in [1.807, 2.05) is 54.6 Å². The molecule has 3 N–H and O–H groups in total. The monoisotopic (exact) mass is 439 g/mol. The standard InChI is InChI=1S/C21H18BrN3OS/c22-18-10-12-19(13-11-18)26-14-20(24-25-21(23)27)17-8-6-16(7-9-17)15-4-2-1-3-5-15/h1-13H,14H2,(H3,23,25,27)/b24-20-. The van der Waals surface area contributed by atoms with E-state index in [0.29, 0.717) is 5.71 Å². The zero-order chi connectivity index (χ0) is 19.1. The Labute approximate surface area is 172 Å². The number of halogens is 1. The Morgan fingerprint density at radius 3 is 2.19 bits per heavy atom. The van der Waals surface area contributed by atoms with Crippen LogP contribution >= 0.6 is 28.1 Å². The van der Waals surface area contributed by atoms with Gasteiger partial charge in [0.1, 0.15) is 18.1 Å². The van der Waals surface area contributed by atoms with E-state index in [2.05, 4.69) is 50.7 Å². The molecule has 0 heterocycles. The van der Waals surface area contributed by atoms with Gasteiger partial charge >= 0.3 is 0 Å². The number of hydrogen-bond donors (Lipinski definition) is 2. The van der Waals surface area contributed by atoms with E-state index in [-0.39, 0.29) is 11.7 Å². The van der Waals surface area contributed by atoms with Crippen LogP contribution in [0.2, 0.25) is 0 Å². The van der Waals surface area contributed by atoms with E-state index in [4.69, 9.17) is 22.7 Å². The molecule has 0 saturated carbocycles. The molecule has 6 heteroatoms. The molecule has 0 unspecified atom stereocenters. The third-order valence-electron chi connectivity index (χ3n) is 3.82. The van der Waals surface area contributed by atoms with Crippen molar-refractivity contribution in [1.29, 1.82) is 0 Å². The van der Waals surface area contributed by atoms with Crippen LogP contribution in [0.4, 0.5) is 0 Å². The van der Waals surface area contributed by atoms with Crippen LogP contribution in [0.3, 0.4) is 0 Å². The van der Waals surface area contributed by atoms with Crippen LogP contribution in [0.5, 0.6) is 5.75 Å². The smallest absolute Gasteiger partial charge is 0.184 e. The van der Waals surface area contributed by atoms with Crippen molar-refractivity contribution in [3.05, 3.63) is 88.9 Å². The third kappa shape index (κ3) is 5.64. The molecule has 0 saturated heterocycles. The summed E-state index contributed by atoms with van der Waals surface area (Å²) in [7, 11) is 0. The molecule has 0 aliphatic rings. The number of nitrogens with two attached hydrogens (primary N) is 1. The van der Waals surface area contributed by atoms with Gasteiger partial charge in [-0.2, -0.15) is 5.10 Å². The second kappa shape index (κ2) is 9.30. The van der Waals surface area contributed by atoms with Crippen LogP contribution in [-0.2, 0) is 0 Å². The summed E-state index contributed by atoms with van der Waals surface area (Å²) in [6.07, 6.45) is 0. The summed E-state index contributed by atoms with van der Waals surface area (Å²) < 4.78 is 6.84. The van der Waals surface area contributed by atoms with Crippen molar-refractivity contribution in [2.45, 2.75) is 0 Å². The fourth-order valence-electron chi connectivity index (χ4n) is 2.47. The molecule has 0 fully saturated rings. The molecule has 27 heavy (non-hydrogen) atoms. The minimum Gasteiger partial charge on any atom is -0.487 e. The minimum absolute atomic E-state index is 0.108. The number of hydrazone groups is 1. The maximum atomic E-state index is 5.85. The average Bonchev–Trinajstić information content (AvgIpc) is 2.70. The molecule has 136 valence electrons. The summed E-state index contributed by atoms with van der Waals surface area (Å²) in [5.41, 5.74) is 12.1. The van der Waals surface area contributed by atoms with Gasteiger partial charge in [0.25, 0.3) is 0 Å². The lowest BCUT2D eigenvalue weighted by Crippen LogP contribution is -2.27. The van der Waals surface area contributed by atoms with Gasteiger partial charge in [-0.1, -0.05) is 70.5 Å². The maximum Gasteiger partial charge on any atom is 0.184 e.